The van der Waals surface area contributed by atoms with Crippen LogP contribution in [0.15, 0.2) is 12.4 Å². The first-order valence-corrected chi connectivity index (χ1v) is 6.69. The van der Waals surface area contributed by atoms with Crippen molar-refractivity contribution in [3.8, 4) is 0 Å². The zero-order valence-corrected chi connectivity index (χ0v) is 11.0. The molecular weight excluding hydrogens is 228 g/mol. The molecule has 1 fully saturated rings. The van der Waals surface area contributed by atoms with Gasteiger partial charge in [-0.05, 0) is 43.8 Å². The molecule has 5 heteroatoms. The first-order chi connectivity index (χ1) is 8.74. The number of hydrogen-bond acceptors (Lipinski definition) is 3. The van der Waals surface area contributed by atoms with Gasteiger partial charge in [-0.25, -0.2) is 0 Å². The Bertz CT molecular complexity index is 382. The van der Waals surface area contributed by atoms with Gasteiger partial charge >= 0.3 is 0 Å². The molecule has 5 nitrogen and oxygen atoms in total. The summed E-state index contributed by atoms with van der Waals surface area (Å²) >= 11 is 0. The van der Waals surface area contributed by atoms with E-state index in [1.807, 2.05) is 19.4 Å². The third kappa shape index (κ3) is 4.14. The van der Waals surface area contributed by atoms with Crippen molar-refractivity contribution >= 4 is 5.91 Å². The van der Waals surface area contributed by atoms with Crippen LogP contribution in [0.4, 0.5) is 0 Å². The molecule has 0 radical (unpaired) electrons. The van der Waals surface area contributed by atoms with E-state index in [0.29, 0.717) is 18.9 Å². The van der Waals surface area contributed by atoms with Gasteiger partial charge in [0.25, 0.3) is 0 Å². The number of nitrogens with one attached hydrogen (secondary N) is 2. The highest BCUT2D eigenvalue weighted by Gasteiger charge is 2.16. The molecule has 0 aliphatic carbocycles. The summed E-state index contributed by atoms with van der Waals surface area (Å²) in [5.41, 5.74) is 1.16. The molecule has 1 aliphatic heterocycles. The molecule has 1 unspecified atom stereocenters. The molecular formula is C13H22N4O. The molecule has 2 rings (SSSR count). The summed E-state index contributed by atoms with van der Waals surface area (Å²) in [6, 6.07) is 0. The minimum absolute atomic E-state index is 0.174. The van der Waals surface area contributed by atoms with Crippen molar-refractivity contribution in [2.45, 2.75) is 25.7 Å². The second-order valence-corrected chi connectivity index (χ2v) is 5.04. The third-order valence-electron chi connectivity index (χ3n) is 3.37. The summed E-state index contributed by atoms with van der Waals surface area (Å²) in [6.07, 6.45) is 7.69. The van der Waals surface area contributed by atoms with E-state index in [2.05, 4.69) is 15.7 Å². The number of carbonyl (C=O) groups is 1. The normalized spacial score (nSPS) is 19.7. The summed E-state index contributed by atoms with van der Waals surface area (Å²) < 4.78 is 1.78. The van der Waals surface area contributed by atoms with Crippen LogP contribution in [0.2, 0.25) is 0 Å². The number of hydrogen-bond donors (Lipinski definition) is 2. The smallest absolute Gasteiger partial charge is 0.220 e. The van der Waals surface area contributed by atoms with Gasteiger partial charge in [-0.3, -0.25) is 9.48 Å². The molecule has 1 atom stereocenters. The number of nitrogens with zero attached hydrogens (tertiary/aromatic N) is 2. The number of aryl methyl sites for hydroxylation is 1. The quantitative estimate of drug-likeness (QED) is 0.798. The Morgan fingerprint density at radius 1 is 1.67 bits per heavy atom. The fourth-order valence-electron chi connectivity index (χ4n) is 2.38. The second kappa shape index (κ2) is 6.54. The summed E-state index contributed by atoms with van der Waals surface area (Å²) in [7, 11) is 1.90. The van der Waals surface area contributed by atoms with Gasteiger partial charge in [0.05, 0.1) is 6.20 Å². The zero-order chi connectivity index (χ0) is 12.8. The molecule has 0 spiro atoms. The minimum Gasteiger partial charge on any atom is -0.356 e. The molecule has 1 saturated heterocycles. The SMILES string of the molecule is Cn1cc(CCNC(=O)CC2CCCNC2)cn1. The number of carbonyl (C=O) groups excluding carboxylic acids is 1. The van der Waals surface area contributed by atoms with Crippen molar-refractivity contribution < 1.29 is 4.79 Å². The van der Waals surface area contributed by atoms with Crippen LogP contribution in [0.3, 0.4) is 0 Å². The molecule has 18 heavy (non-hydrogen) atoms. The predicted molar refractivity (Wildman–Crippen MR) is 70.1 cm³/mol. The van der Waals surface area contributed by atoms with Gasteiger partial charge in [0.1, 0.15) is 0 Å². The van der Waals surface area contributed by atoms with E-state index in [1.165, 1.54) is 12.8 Å². The molecule has 100 valence electrons. The monoisotopic (exact) mass is 250 g/mol. The van der Waals surface area contributed by atoms with Crippen LogP contribution < -0.4 is 10.6 Å². The van der Waals surface area contributed by atoms with E-state index >= 15 is 0 Å². The van der Waals surface area contributed by atoms with Crippen LogP contribution in [0.1, 0.15) is 24.8 Å². The third-order valence-corrected chi connectivity index (χ3v) is 3.37. The first-order valence-electron chi connectivity index (χ1n) is 6.69. The maximum atomic E-state index is 11.7. The molecule has 2 heterocycles. The minimum atomic E-state index is 0.174. The van der Waals surface area contributed by atoms with E-state index in [1.54, 1.807) is 4.68 Å². The van der Waals surface area contributed by atoms with Gasteiger partial charge in [0.2, 0.25) is 5.91 Å². The summed E-state index contributed by atoms with van der Waals surface area (Å²) in [5.74, 6) is 0.685. The van der Waals surface area contributed by atoms with Gasteiger partial charge in [-0.1, -0.05) is 0 Å². The topological polar surface area (TPSA) is 59.0 Å². The van der Waals surface area contributed by atoms with E-state index in [0.717, 1.165) is 25.1 Å². The molecule has 1 aliphatic rings. The van der Waals surface area contributed by atoms with Crippen LogP contribution in [0, 0.1) is 5.92 Å². The lowest BCUT2D eigenvalue weighted by Gasteiger charge is -2.22. The van der Waals surface area contributed by atoms with E-state index in [-0.39, 0.29) is 5.91 Å². The Hall–Kier alpha value is -1.36. The Morgan fingerprint density at radius 2 is 2.56 bits per heavy atom. The maximum absolute atomic E-state index is 11.7. The summed E-state index contributed by atoms with van der Waals surface area (Å²) in [5, 5.41) is 10.4. The van der Waals surface area contributed by atoms with Crippen molar-refractivity contribution in [2.24, 2.45) is 13.0 Å². The molecule has 1 aromatic rings. The highest BCUT2D eigenvalue weighted by Crippen LogP contribution is 2.13. The summed E-state index contributed by atoms with van der Waals surface area (Å²) in [4.78, 5) is 11.7. The van der Waals surface area contributed by atoms with Gasteiger partial charge < -0.3 is 10.6 Å². The van der Waals surface area contributed by atoms with Crippen molar-refractivity contribution in [3.05, 3.63) is 18.0 Å². The molecule has 1 aromatic heterocycles. The summed E-state index contributed by atoms with van der Waals surface area (Å²) in [6.45, 7) is 2.78. The second-order valence-electron chi connectivity index (χ2n) is 5.04. The van der Waals surface area contributed by atoms with E-state index in [9.17, 15) is 4.79 Å². The maximum Gasteiger partial charge on any atom is 0.220 e. The Kier molecular flexibility index (Phi) is 4.75. The van der Waals surface area contributed by atoms with Crippen LogP contribution >= 0.6 is 0 Å². The van der Waals surface area contributed by atoms with Crippen molar-refractivity contribution in [1.29, 1.82) is 0 Å². The fourth-order valence-corrected chi connectivity index (χ4v) is 2.38. The van der Waals surface area contributed by atoms with Crippen molar-refractivity contribution in [1.82, 2.24) is 20.4 Å². The number of amides is 1. The van der Waals surface area contributed by atoms with Gasteiger partial charge in [0.15, 0.2) is 0 Å². The Balaban J connectivity index is 1.62. The van der Waals surface area contributed by atoms with Gasteiger partial charge in [-0.2, -0.15) is 5.10 Å². The molecule has 2 N–H and O–H groups in total. The number of rotatable bonds is 5. The molecule has 1 amide bonds. The molecule has 0 aromatic carbocycles. The van der Waals surface area contributed by atoms with Crippen LogP contribution in [0.5, 0.6) is 0 Å². The lowest BCUT2D eigenvalue weighted by Crippen LogP contribution is -2.34. The average Bonchev–Trinajstić information content (AvgIpc) is 2.76. The first kappa shape index (κ1) is 13.1. The molecule has 0 saturated carbocycles. The zero-order valence-electron chi connectivity index (χ0n) is 11.0. The Labute approximate surface area is 108 Å². The van der Waals surface area contributed by atoms with Gasteiger partial charge in [-0.15, -0.1) is 0 Å². The van der Waals surface area contributed by atoms with Crippen LogP contribution in [-0.4, -0.2) is 35.3 Å². The lowest BCUT2D eigenvalue weighted by atomic mass is 9.96. The van der Waals surface area contributed by atoms with E-state index < -0.39 is 0 Å². The highest BCUT2D eigenvalue weighted by molar-refractivity contribution is 5.76. The van der Waals surface area contributed by atoms with Crippen molar-refractivity contribution in [2.75, 3.05) is 19.6 Å². The number of piperidine rings is 1. The van der Waals surface area contributed by atoms with Crippen LogP contribution in [0.25, 0.3) is 0 Å². The van der Waals surface area contributed by atoms with Gasteiger partial charge in [0, 0.05) is 26.2 Å². The fraction of sp³-hybridized carbons (Fsp3) is 0.692. The lowest BCUT2D eigenvalue weighted by molar-refractivity contribution is -0.122. The number of aromatic nitrogens is 2. The predicted octanol–water partition coefficient (Wildman–Crippen LogP) is 0.469. The Morgan fingerprint density at radius 3 is 3.22 bits per heavy atom. The van der Waals surface area contributed by atoms with Crippen molar-refractivity contribution in [3.63, 3.8) is 0 Å². The van der Waals surface area contributed by atoms with Crippen LogP contribution in [-0.2, 0) is 18.3 Å². The van der Waals surface area contributed by atoms with E-state index in [4.69, 9.17) is 0 Å². The highest BCUT2D eigenvalue weighted by atomic mass is 16.1. The molecule has 0 bridgehead atoms. The standard InChI is InChI=1S/C13H22N4O/c1-17-10-12(9-16-17)4-6-15-13(18)7-11-3-2-5-14-8-11/h9-11,14H,2-8H2,1H3,(H,15,18). The average molecular weight is 250 g/mol. The largest absolute Gasteiger partial charge is 0.356 e.